The number of hydrogen-bond donors (Lipinski definition) is 0. The third kappa shape index (κ3) is 6.76. The molecule has 4 aliphatic carbocycles. The van der Waals surface area contributed by atoms with E-state index in [9.17, 15) is 0 Å². The van der Waals surface area contributed by atoms with Crippen molar-refractivity contribution in [2.45, 2.75) is 71.6 Å². The van der Waals surface area contributed by atoms with Gasteiger partial charge in [-0.15, -0.1) is 0 Å². The van der Waals surface area contributed by atoms with E-state index in [1.165, 1.54) is 95.4 Å². The maximum atomic E-state index is 2.75. The Morgan fingerprint density at radius 2 is 0.797 bits per heavy atom. The Balaban J connectivity index is 0.000000241. The van der Waals surface area contributed by atoms with Crippen LogP contribution in [0.3, 0.4) is 0 Å². The van der Waals surface area contributed by atoms with E-state index in [4.69, 9.17) is 0 Å². The number of nitrogens with zero attached hydrogens (tertiary/aromatic N) is 2. The van der Waals surface area contributed by atoms with Crippen LogP contribution in [0.5, 0.6) is 0 Å². The molecule has 4 aliphatic rings. The molecule has 6 aromatic carbocycles. The molecule has 0 saturated heterocycles. The van der Waals surface area contributed by atoms with E-state index >= 15 is 0 Å². The first-order valence-electron chi connectivity index (χ1n) is 22.0. The standard InChI is InChI=1S/2C21H18N.C14H14.Hf/c2*1-2-8-16-14-17(13-15(16)7-1)22-20-11-5-3-9-18(20)19-10-4-6-12-21(19)22;1-3-7-13(8-4-1)11-12-14-9-5-2-6-10-14;/h2*1-3,5,7-9,11,13-14H,4,6,10,12H2;1-10H,11-12H2;. The Labute approximate surface area is 360 Å². The smallest absolute Gasteiger partial charge is 0.0238 e. The Bertz CT molecular complexity index is 2670. The van der Waals surface area contributed by atoms with Crippen molar-refractivity contribution in [3.05, 3.63) is 214 Å². The number of aromatic nitrogens is 2. The first kappa shape index (κ1) is 36.8. The van der Waals surface area contributed by atoms with Gasteiger partial charge in [0.2, 0.25) is 0 Å². The molecule has 59 heavy (non-hydrogen) atoms. The maximum Gasteiger partial charge on any atom is -0.0238 e. The molecule has 0 bridgehead atoms. The van der Waals surface area contributed by atoms with Crippen molar-refractivity contribution in [2.24, 2.45) is 0 Å². The van der Waals surface area contributed by atoms with Gasteiger partial charge in [0.25, 0.3) is 0 Å². The van der Waals surface area contributed by atoms with Gasteiger partial charge in [0.15, 0.2) is 0 Å². The molecule has 2 heterocycles. The second kappa shape index (κ2) is 16.1. The second-order valence-electron chi connectivity index (χ2n) is 16.9. The zero-order valence-electron chi connectivity index (χ0n) is 33.8. The molecule has 8 aromatic rings. The summed E-state index contributed by atoms with van der Waals surface area (Å²) in [6.45, 7) is 0. The van der Waals surface area contributed by atoms with Gasteiger partial charge in [0.1, 0.15) is 0 Å². The topological polar surface area (TPSA) is 9.86 Å². The van der Waals surface area contributed by atoms with Crippen molar-refractivity contribution in [1.29, 1.82) is 0 Å². The van der Waals surface area contributed by atoms with Gasteiger partial charge in [-0.3, -0.25) is 0 Å². The molecule has 288 valence electrons. The third-order valence-electron chi connectivity index (χ3n) is 13.4. The molecule has 0 fully saturated rings. The number of allylic oxidation sites excluding steroid dienone is 2. The van der Waals surface area contributed by atoms with Crippen LogP contribution in [0, 0.1) is 0 Å². The molecule has 0 amide bonds. The molecular formula is C56H50HfN2. The summed E-state index contributed by atoms with van der Waals surface area (Å²) >= 11 is -1.48. The summed E-state index contributed by atoms with van der Waals surface area (Å²) in [6, 6.07) is 58.4. The molecule has 12 rings (SSSR count). The van der Waals surface area contributed by atoms with Crippen LogP contribution < -0.4 is 0 Å². The third-order valence-corrected chi connectivity index (χ3v) is 20.2. The summed E-state index contributed by atoms with van der Waals surface area (Å²) in [5.74, 6) is 0. The predicted octanol–water partition coefficient (Wildman–Crippen LogP) is 13.7. The number of hydrogen-bond acceptors (Lipinski definition) is 0. The molecule has 3 heteroatoms. The minimum absolute atomic E-state index is 0.514. The SMILES string of the molecule is C1=C(n2c3c(c4ccccc42)CCCC3)[CH]([Hf][CH]2C(n3c4c(c5ccccc53)CCCC4)=Cc3ccccc32)c2ccccc21.c1ccc(CCc2ccccc2)cc1. The Kier molecular flexibility index (Phi) is 10.0. The van der Waals surface area contributed by atoms with Gasteiger partial charge in [-0.25, -0.2) is 0 Å². The van der Waals surface area contributed by atoms with Crippen LogP contribution >= 0.6 is 0 Å². The number of para-hydroxylation sites is 2. The maximum absolute atomic E-state index is 2.75. The van der Waals surface area contributed by atoms with Crippen LogP contribution in [0.15, 0.2) is 158 Å². The summed E-state index contributed by atoms with van der Waals surface area (Å²) in [5.41, 5.74) is 21.2. The molecule has 0 N–H and O–H groups in total. The van der Waals surface area contributed by atoms with E-state index < -0.39 is 22.9 Å². The van der Waals surface area contributed by atoms with Gasteiger partial charge in [0.05, 0.1) is 0 Å². The first-order valence-corrected chi connectivity index (χ1v) is 26.1. The monoisotopic (exact) mass is 930 g/mol. The van der Waals surface area contributed by atoms with Gasteiger partial charge in [-0.2, -0.15) is 0 Å². The van der Waals surface area contributed by atoms with Crippen LogP contribution in [0.25, 0.3) is 45.4 Å². The molecule has 2 unspecified atom stereocenters. The summed E-state index contributed by atoms with van der Waals surface area (Å²) in [5, 5.41) is 2.96. The molecule has 2 nitrogen and oxygen atoms in total. The van der Waals surface area contributed by atoms with Crippen molar-refractivity contribution in [3.8, 4) is 0 Å². The summed E-state index contributed by atoms with van der Waals surface area (Å²) in [6.07, 6.45) is 17.4. The van der Waals surface area contributed by atoms with Crippen LogP contribution in [-0.2, 0) is 61.4 Å². The van der Waals surface area contributed by atoms with Gasteiger partial charge in [-0.05, 0) is 24.0 Å². The first-order chi connectivity index (χ1) is 29.3. The van der Waals surface area contributed by atoms with Crippen LogP contribution in [-0.4, -0.2) is 9.13 Å². The van der Waals surface area contributed by atoms with Crippen molar-refractivity contribution >= 4 is 45.4 Å². The largest absolute Gasteiger partial charge is 0.0622 e. The minimum atomic E-state index is -1.48. The van der Waals surface area contributed by atoms with Crippen LogP contribution in [0.4, 0.5) is 0 Å². The Hall–Kier alpha value is -5.25. The van der Waals surface area contributed by atoms with E-state index in [1.54, 1.807) is 45.0 Å². The molecule has 0 saturated carbocycles. The molecule has 2 atom stereocenters. The molecule has 2 aromatic heterocycles. The predicted molar refractivity (Wildman–Crippen MR) is 244 cm³/mol. The average Bonchev–Trinajstić information content (AvgIpc) is 4.04. The number of fused-ring (bicyclic) bond motifs is 8. The summed E-state index contributed by atoms with van der Waals surface area (Å²) in [4.78, 5) is 0. The second-order valence-corrected chi connectivity index (χ2v) is 22.2. The van der Waals surface area contributed by atoms with Crippen LogP contribution in [0.2, 0.25) is 0 Å². The quantitative estimate of drug-likeness (QED) is 0.141. The van der Waals surface area contributed by atoms with E-state index in [1.807, 2.05) is 0 Å². The number of benzene rings is 6. The van der Waals surface area contributed by atoms with E-state index in [0.717, 1.165) is 12.8 Å². The van der Waals surface area contributed by atoms with E-state index in [-0.39, 0.29) is 0 Å². The van der Waals surface area contributed by atoms with Gasteiger partial charge >= 0.3 is 278 Å². The Morgan fingerprint density at radius 1 is 0.407 bits per heavy atom. The van der Waals surface area contributed by atoms with E-state index in [0.29, 0.717) is 7.35 Å². The zero-order chi connectivity index (χ0) is 39.1. The van der Waals surface area contributed by atoms with Gasteiger partial charge in [-0.1, -0.05) is 60.7 Å². The Morgan fingerprint density at radius 3 is 1.27 bits per heavy atom. The van der Waals surface area contributed by atoms with Gasteiger partial charge in [0, 0.05) is 0 Å². The summed E-state index contributed by atoms with van der Waals surface area (Å²) in [7, 11) is 0. The zero-order valence-corrected chi connectivity index (χ0v) is 37.4. The van der Waals surface area contributed by atoms with Crippen molar-refractivity contribution in [1.82, 2.24) is 9.13 Å². The molecule has 0 radical (unpaired) electrons. The summed E-state index contributed by atoms with van der Waals surface area (Å²) < 4.78 is 6.53. The molecule has 0 aliphatic heterocycles. The fourth-order valence-electron chi connectivity index (χ4n) is 10.7. The normalized spacial score (nSPS) is 17.6. The van der Waals surface area contributed by atoms with Crippen molar-refractivity contribution in [3.63, 3.8) is 0 Å². The fourth-order valence-corrected chi connectivity index (χ4v) is 17.8. The minimum Gasteiger partial charge on any atom is -0.0622 e. The van der Waals surface area contributed by atoms with Gasteiger partial charge < -0.3 is 0 Å². The number of aryl methyl sites for hydroxylation is 4. The molecule has 0 spiro atoms. The van der Waals surface area contributed by atoms with Crippen LogP contribution in [0.1, 0.15) is 88.9 Å². The van der Waals surface area contributed by atoms with Crippen molar-refractivity contribution in [2.75, 3.05) is 0 Å². The average molecular weight is 930 g/mol. The fraction of sp³-hybridized carbons (Fsp3) is 0.214. The van der Waals surface area contributed by atoms with E-state index in [2.05, 4.69) is 179 Å². The number of rotatable bonds is 7. The van der Waals surface area contributed by atoms with Crippen molar-refractivity contribution < 1.29 is 22.9 Å². The molecular weight excluding hydrogens is 879 g/mol.